The third kappa shape index (κ3) is 3.14. The van der Waals surface area contributed by atoms with Crippen LogP contribution in [0.4, 0.5) is 11.4 Å². The quantitative estimate of drug-likeness (QED) is 0.529. The first-order valence-electron chi connectivity index (χ1n) is 8.93. The number of hydrogen-bond acceptors (Lipinski definition) is 6. The van der Waals surface area contributed by atoms with Gasteiger partial charge < -0.3 is 10.6 Å². The summed E-state index contributed by atoms with van der Waals surface area (Å²) in [7, 11) is 4.04. The number of nitrogens with two attached hydrogens (primary N) is 1. The van der Waals surface area contributed by atoms with Crippen molar-refractivity contribution in [1.29, 1.82) is 0 Å². The molecule has 4 aromatic rings. The molecule has 138 valence electrons. The lowest BCUT2D eigenvalue weighted by atomic mass is 10.1. The van der Waals surface area contributed by atoms with Gasteiger partial charge in [-0.05, 0) is 30.7 Å². The number of anilines is 2. The highest BCUT2D eigenvalue weighted by atomic mass is 32.1. The summed E-state index contributed by atoms with van der Waals surface area (Å²) >= 11 is 1.60. The van der Waals surface area contributed by atoms with Gasteiger partial charge in [0.2, 0.25) is 5.78 Å². The van der Waals surface area contributed by atoms with Crippen LogP contribution in [0.5, 0.6) is 0 Å². The van der Waals surface area contributed by atoms with Gasteiger partial charge in [-0.1, -0.05) is 13.3 Å². The zero-order valence-corrected chi connectivity index (χ0v) is 16.5. The molecule has 6 nitrogen and oxygen atoms in total. The maximum absolute atomic E-state index is 6.24. The number of imidazole rings is 1. The number of nitrogens with zero attached hydrogens (tertiary/aromatic N) is 5. The molecule has 4 rings (SSSR count). The average Bonchev–Trinajstić information content (AvgIpc) is 3.26. The Kier molecular flexibility index (Phi) is 4.53. The van der Waals surface area contributed by atoms with Crippen molar-refractivity contribution in [3.63, 3.8) is 0 Å². The zero-order chi connectivity index (χ0) is 19.0. The summed E-state index contributed by atoms with van der Waals surface area (Å²) in [5, 5.41) is 2.99. The van der Waals surface area contributed by atoms with E-state index < -0.39 is 0 Å². The number of thiazole rings is 1. The normalized spacial score (nSPS) is 11.2. The second kappa shape index (κ2) is 7.00. The zero-order valence-electron chi connectivity index (χ0n) is 15.7. The molecule has 0 spiro atoms. The fourth-order valence-electron chi connectivity index (χ4n) is 3.13. The molecule has 0 saturated carbocycles. The SMILES string of the molecule is CCCc1nc2ncccn2c1-c1csc(-c2cc(N(C)C)ccc2N)n1. The maximum atomic E-state index is 6.24. The summed E-state index contributed by atoms with van der Waals surface area (Å²) in [5.41, 5.74) is 12.0. The Bertz CT molecular complexity index is 1100. The topological polar surface area (TPSA) is 72.3 Å². The molecule has 0 radical (unpaired) electrons. The highest BCUT2D eigenvalue weighted by Gasteiger charge is 2.18. The van der Waals surface area contributed by atoms with E-state index in [1.54, 1.807) is 17.5 Å². The molecule has 1 aromatic carbocycles. The van der Waals surface area contributed by atoms with E-state index >= 15 is 0 Å². The first-order chi connectivity index (χ1) is 13.1. The third-order valence-electron chi connectivity index (χ3n) is 4.49. The second-order valence-electron chi connectivity index (χ2n) is 6.65. The van der Waals surface area contributed by atoms with Gasteiger partial charge in [-0.15, -0.1) is 11.3 Å². The summed E-state index contributed by atoms with van der Waals surface area (Å²) in [5.74, 6) is 0.708. The Hall–Kier alpha value is -2.93. The van der Waals surface area contributed by atoms with Gasteiger partial charge in [0, 0.05) is 48.8 Å². The van der Waals surface area contributed by atoms with E-state index in [2.05, 4.69) is 28.3 Å². The van der Waals surface area contributed by atoms with E-state index in [0.29, 0.717) is 5.78 Å². The summed E-state index contributed by atoms with van der Waals surface area (Å²) in [6, 6.07) is 7.95. The van der Waals surface area contributed by atoms with Gasteiger partial charge in [0.15, 0.2) is 0 Å². The van der Waals surface area contributed by atoms with E-state index in [9.17, 15) is 0 Å². The third-order valence-corrected chi connectivity index (χ3v) is 5.37. The molecule has 7 heteroatoms. The van der Waals surface area contributed by atoms with Crippen LogP contribution < -0.4 is 10.6 Å². The van der Waals surface area contributed by atoms with Crippen molar-refractivity contribution in [2.45, 2.75) is 19.8 Å². The number of rotatable bonds is 5. The highest BCUT2D eigenvalue weighted by molar-refractivity contribution is 7.13. The van der Waals surface area contributed by atoms with E-state index in [1.165, 1.54) is 0 Å². The smallest absolute Gasteiger partial charge is 0.234 e. The molecule has 3 heterocycles. The van der Waals surface area contributed by atoms with Gasteiger partial charge in [-0.2, -0.15) is 0 Å². The highest BCUT2D eigenvalue weighted by Crippen LogP contribution is 2.35. The first-order valence-corrected chi connectivity index (χ1v) is 9.81. The first kappa shape index (κ1) is 17.5. The molecule has 3 aromatic heterocycles. The van der Waals surface area contributed by atoms with Crippen molar-refractivity contribution >= 4 is 28.5 Å². The minimum absolute atomic E-state index is 0.708. The molecule has 0 aliphatic rings. The molecule has 0 bridgehead atoms. The van der Waals surface area contributed by atoms with Crippen molar-refractivity contribution in [2.75, 3.05) is 24.7 Å². The fraction of sp³-hybridized carbons (Fsp3) is 0.250. The van der Waals surface area contributed by atoms with Crippen LogP contribution in [0.25, 0.3) is 27.7 Å². The Balaban J connectivity index is 1.83. The van der Waals surface area contributed by atoms with Crippen LogP contribution in [0.15, 0.2) is 42.0 Å². The molecule has 0 atom stereocenters. The number of fused-ring (bicyclic) bond motifs is 1. The minimum Gasteiger partial charge on any atom is -0.398 e. The molecule has 0 aliphatic heterocycles. The Morgan fingerprint density at radius 3 is 2.85 bits per heavy atom. The van der Waals surface area contributed by atoms with Crippen LogP contribution in [0, 0.1) is 0 Å². The summed E-state index contributed by atoms with van der Waals surface area (Å²) < 4.78 is 2.02. The van der Waals surface area contributed by atoms with Gasteiger partial charge in [0.25, 0.3) is 0 Å². The summed E-state index contributed by atoms with van der Waals surface area (Å²) in [6.45, 7) is 2.15. The molecule has 2 N–H and O–H groups in total. The Morgan fingerprint density at radius 2 is 2.07 bits per heavy atom. The van der Waals surface area contributed by atoms with Crippen LogP contribution in [-0.4, -0.2) is 33.4 Å². The maximum Gasteiger partial charge on any atom is 0.234 e. The van der Waals surface area contributed by atoms with Crippen LogP contribution in [-0.2, 0) is 6.42 Å². The number of benzene rings is 1. The summed E-state index contributed by atoms with van der Waals surface area (Å²) in [4.78, 5) is 16.1. The predicted octanol–water partition coefficient (Wildman–Crippen LogP) is 4.12. The monoisotopic (exact) mass is 378 g/mol. The van der Waals surface area contributed by atoms with E-state index in [4.69, 9.17) is 15.7 Å². The van der Waals surface area contributed by atoms with Crippen molar-refractivity contribution in [3.05, 3.63) is 47.7 Å². The van der Waals surface area contributed by atoms with Crippen molar-refractivity contribution in [1.82, 2.24) is 19.4 Å². The predicted molar refractivity (Wildman–Crippen MR) is 112 cm³/mol. The standard InChI is InChI=1S/C20H22N6S/c1-4-6-16-18(26-10-5-9-22-20(26)24-16)17-12-27-19(23-17)14-11-13(25(2)3)7-8-15(14)21/h5,7-12H,4,6,21H2,1-3H3. The average molecular weight is 379 g/mol. The van der Waals surface area contributed by atoms with Crippen LogP contribution in [0.2, 0.25) is 0 Å². The number of nitrogen functional groups attached to an aromatic ring is 1. The Labute approximate surface area is 162 Å². The van der Waals surface area contributed by atoms with Crippen molar-refractivity contribution in [2.24, 2.45) is 0 Å². The number of aromatic nitrogens is 4. The number of aryl methyl sites for hydroxylation is 1. The van der Waals surface area contributed by atoms with Crippen LogP contribution in [0.3, 0.4) is 0 Å². The fourth-order valence-corrected chi connectivity index (χ4v) is 3.97. The van der Waals surface area contributed by atoms with Gasteiger partial charge in [-0.3, -0.25) is 4.40 Å². The lowest BCUT2D eigenvalue weighted by Gasteiger charge is -2.14. The molecular formula is C20H22N6S. The minimum atomic E-state index is 0.708. The van der Waals surface area contributed by atoms with Gasteiger partial charge in [0.1, 0.15) is 10.7 Å². The lowest BCUT2D eigenvalue weighted by Crippen LogP contribution is -2.08. The molecule has 0 aliphatic carbocycles. The van der Waals surface area contributed by atoms with E-state index in [0.717, 1.165) is 51.9 Å². The molecule has 0 saturated heterocycles. The van der Waals surface area contributed by atoms with Gasteiger partial charge >= 0.3 is 0 Å². The molecule has 27 heavy (non-hydrogen) atoms. The molecule has 0 unspecified atom stereocenters. The molecular weight excluding hydrogens is 356 g/mol. The summed E-state index contributed by atoms with van der Waals surface area (Å²) in [6.07, 6.45) is 5.67. The second-order valence-corrected chi connectivity index (χ2v) is 7.51. The van der Waals surface area contributed by atoms with Gasteiger partial charge in [-0.25, -0.2) is 15.0 Å². The van der Waals surface area contributed by atoms with Crippen LogP contribution in [0.1, 0.15) is 19.0 Å². The number of hydrogen-bond donors (Lipinski definition) is 1. The van der Waals surface area contributed by atoms with Crippen molar-refractivity contribution < 1.29 is 0 Å². The Morgan fingerprint density at radius 1 is 1.22 bits per heavy atom. The van der Waals surface area contributed by atoms with Crippen molar-refractivity contribution in [3.8, 4) is 22.0 Å². The van der Waals surface area contributed by atoms with Gasteiger partial charge in [0.05, 0.1) is 11.4 Å². The largest absolute Gasteiger partial charge is 0.398 e. The van der Waals surface area contributed by atoms with E-state index in [-0.39, 0.29) is 0 Å². The molecule has 0 amide bonds. The van der Waals surface area contributed by atoms with Crippen LogP contribution >= 0.6 is 11.3 Å². The lowest BCUT2D eigenvalue weighted by molar-refractivity contribution is 0.894. The van der Waals surface area contributed by atoms with E-state index in [1.807, 2.05) is 42.9 Å². The molecule has 0 fully saturated rings.